The van der Waals surface area contributed by atoms with Crippen LogP contribution in [0.2, 0.25) is 0 Å². The third kappa shape index (κ3) is 2.25. The average Bonchev–Trinajstić information content (AvgIpc) is 2.95. The molecule has 1 aromatic carbocycles. The number of hydrogen-bond donors (Lipinski definition) is 1. The SMILES string of the molecule is CNCc1sc2ccccc2c1Cn1cnc(C)c1C. The minimum atomic E-state index is 0.897. The minimum Gasteiger partial charge on any atom is -0.330 e. The van der Waals surface area contributed by atoms with Gasteiger partial charge in [0.2, 0.25) is 0 Å². The second-order valence-corrected chi connectivity index (χ2v) is 6.21. The summed E-state index contributed by atoms with van der Waals surface area (Å²) >= 11 is 1.88. The highest BCUT2D eigenvalue weighted by Gasteiger charge is 2.13. The number of benzene rings is 1. The maximum Gasteiger partial charge on any atom is 0.0954 e. The molecule has 0 bridgehead atoms. The Bertz CT molecular complexity index is 739. The van der Waals surface area contributed by atoms with Crippen LogP contribution in [0.1, 0.15) is 21.8 Å². The smallest absolute Gasteiger partial charge is 0.0954 e. The first-order valence-electron chi connectivity index (χ1n) is 6.83. The predicted molar refractivity (Wildman–Crippen MR) is 85.4 cm³/mol. The van der Waals surface area contributed by atoms with Gasteiger partial charge in [0.25, 0.3) is 0 Å². The highest BCUT2D eigenvalue weighted by Crippen LogP contribution is 2.32. The van der Waals surface area contributed by atoms with Gasteiger partial charge in [-0.25, -0.2) is 4.98 Å². The molecule has 0 atom stereocenters. The summed E-state index contributed by atoms with van der Waals surface area (Å²) in [5, 5.41) is 4.65. The first-order chi connectivity index (χ1) is 9.70. The number of aryl methyl sites for hydroxylation is 1. The number of thiophene rings is 1. The summed E-state index contributed by atoms with van der Waals surface area (Å²) in [4.78, 5) is 5.82. The van der Waals surface area contributed by atoms with E-state index in [0.29, 0.717) is 0 Å². The molecule has 1 N–H and O–H groups in total. The van der Waals surface area contributed by atoms with Crippen molar-refractivity contribution in [2.45, 2.75) is 26.9 Å². The van der Waals surface area contributed by atoms with E-state index in [1.165, 1.54) is 26.2 Å². The van der Waals surface area contributed by atoms with Crippen LogP contribution in [-0.4, -0.2) is 16.6 Å². The van der Waals surface area contributed by atoms with Crippen LogP contribution in [0, 0.1) is 13.8 Å². The summed E-state index contributed by atoms with van der Waals surface area (Å²) in [6, 6.07) is 8.65. The van der Waals surface area contributed by atoms with E-state index in [1.807, 2.05) is 24.7 Å². The Hall–Kier alpha value is -1.65. The molecular formula is C16H19N3S. The van der Waals surface area contributed by atoms with Crippen molar-refractivity contribution in [3.05, 3.63) is 52.4 Å². The summed E-state index contributed by atoms with van der Waals surface area (Å²) in [6.45, 7) is 6.01. The summed E-state index contributed by atoms with van der Waals surface area (Å²) in [6.07, 6.45) is 1.94. The molecule has 3 aromatic rings. The largest absolute Gasteiger partial charge is 0.330 e. The number of nitrogens with one attached hydrogen (secondary N) is 1. The highest BCUT2D eigenvalue weighted by molar-refractivity contribution is 7.19. The Labute approximate surface area is 123 Å². The van der Waals surface area contributed by atoms with E-state index in [1.54, 1.807) is 0 Å². The predicted octanol–water partition coefficient (Wildman–Crippen LogP) is 3.48. The monoisotopic (exact) mass is 285 g/mol. The molecule has 0 spiro atoms. The molecule has 0 saturated carbocycles. The molecule has 20 heavy (non-hydrogen) atoms. The lowest BCUT2D eigenvalue weighted by Crippen LogP contribution is -2.08. The van der Waals surface area contributed by atoms with Crippen molar-refractivity contribution in [2.24, 2.45) is 0 Å². The molecule has 0 aliphatic rings. The molecule has 0 aliphatic carbocycles. The van der Waals surface area contributed by atoms with Crippen LogP contribution >= 0.6 is 11.3 Å². The number of imidazole rings is 1. The van der Waals surface area contributed by atoms with Gasteiger partial charge < -0.3 is 9.88 Å². The van der Waals surface area contributed by atoms with Crippen LogP contribution < -0.4 is 5.32 Å². The van der Waals surface area contributed by atoms with E-state index >= 15 is 0 Å². The summed E-state index contributed by atoms with van der Waals surface area (Å²) < 4.78 is 3.60. The lowest BCUT2D eigenvalue weighted by molar-refractivity contribution is 0.753. The van der Waals surface area contributed by atoms with Gasteiger partial charge in [-0.05, 0) is 37.9 Å². The van der Waals surface area contributed by atoms with Gasteiger partial charge in [0.05, 0.1) is 18.6 Å². The van der Waals surface area contributed by atoms with Crippen molar-refractivity contribution in [3.63, 3.8) is 0 Å². The van der Waals surface area contributed by atoms with E-state index in [0.717, 1.165) is 18.8 Å². The first kappa shape index (κ1) is 13.3. The second-order valence-electron chi connectivity index (χ2n) is 5.07. The minimum absolute atomic E-state index is 0.897. The van der Waals surface area contributed by atoms with Crippen LogP contribution in [-0.2, 0) is 13.1 Å². The fraction of sp³-hybridized carbons (Fsp3) is 0.312. The molecule has 3 nitrogen and oxygen atoms in total. The summed E-state index contributed by atoms with van der Waals surface area (Å²) in [7, 11) is 2.00. The molecule has 104 valence electrons. The number of aromatic nitrogens is 2. The van der Waals surface area contributed by atoms with Crippen molar-refractivity contribution >= 4 is 21.4 Å². The molecule has 4 heteroatoms. The fourth-order valence-electron chi connectivity index (χ4n) is 2.50. The number of rotatable bonds is 4. The van der Waals surface area contributed by atoms with Crippen molar-refractivity contribution in [2.75, 3.05) is 7.05 Å². The molecule has 0 aliphatic heterocycles. The van der Waals surface area contributed by atoms with Crippen molar-refractivity contribution in [1.29, 1.82) is 0 Å². The van der Waals surface area contributed by atoms with Gasteiger partial charge in [0.1, 0.15) is 0 Å². The highest BCUT2D eigenvalue weighted by atomic mass is 32.1. The molecule has 0 saturated heterocycles. The summed E-state index contributed by atoms with van der Waals surface area (Å²) in [5.41, 5.74) is 3.77. The Kier molecular flexibility index (Phi) is 3.59. The maximum absolute atomic E-state index is 4.40. The van der Waals surface area contributed by atoms with Crippen molar-refractivity contribution in [3.8, 4) is 0 Å². The zero-order chi connectivity index (χ0) is 14.1. The van der Waals surface area contributed by atoms with Gasteiger partial charge >= 0.3 is 0 Å². The lowest BCUT2D eigenvalue weighted by atomic mass is 10.1. The van der Waals surface area contributed by atoms with Gasteiger partial charge in [-0.3, -0.25) is 0 Å². The molecule has 0 unspecified atom stereocenters. The van der Waals surface area contributed by atoms with E-state index in [9.17, 15) is 0 Å². The third-order valence-corrected chi connectivity index (χ3v) is 5.01. The standard InChI is InChI=1S/C16H19N3S/c1-11-12(2)19(10-18-11)9-14-13-6-4-5-7-15(13)20-16(14)8-17-3/h4-7,10,17H,8-9H2,1-3H3. The van der Waals surface area contributed by atoms with E-state index in [4.69, 9.17) is 0 Å². The van der Waals surface area contributed by atoms with Gasteiger partial charge in [-0.1, -0.05) is 18.2 Å². The Balaban J connectivity index is 2.09. The molecule has 3 rings (SSSR count). The van der Waals surface area contributed by atoms with Crippen LogP contribution in [0.25, 0.3) is 10.1 Å². The Morgan fingerprint density at radius 3 is 2.75 bits per heavy atom. The fourth-order valence-corrected chi connectivity index (χ4v) is 3.73. The van der Waals surface area contributed by atoms with Gasteiger partial charge in [-0.15, -0.1) is 11.3 Å². The van der Waals surface area contributed by atoms with Crippen LogP contribution in [0.4, 0.5) is 0 Å². The number of hydrogen-bond acceptors (Lipinski definition) is 3. The normalized spacial score (nSPS) is 11.3. The molecule has 2 heterocycles. The summed E-state index contributed by atoms with van der Waals surface area (Å²) in [5.74, 6) is 0. The zero-order valence-corrected chi connectivity index (χ0v) is 12.9. The van der Waals surface area contributed by atoms with Crippen LogP contribution in [0.15, 0.2) is 30.6 Å². The molecule has 0 fully saturated rings. The van der Waals surface area contributed by atoms with Gasteiger partial charge in [0.15, 0.2) is 0 Å². The molecule has 0 amide bonds. The van der Waals surface area contributed by atoms with Crippen LogP contribution in [0.5, 0.6) is 0 Å². The second kappa shape index (κ2) is 5.38. The van der Waals surface area contributed by atoms with Crippen molar-refractivity contribution in [1.82, 2.24) is 14.9 Å². The topological polar surface area (TPSA) is 29.9 Å². The van der Waals surface area contributed by atoms with E-state index < -0.39 is 0 Å². The van der Waals surface area contributed by atoms with Gasteiger partial charge in [0, 0.05) is 21.8 Å². The molecule has 0 radical (unpaired) electrons. The number of nitrogens with zero attached hydrogens (tertiary/aromatic N) is 2. The van der Waals surface area contributed by atoms with E-state index in [-0.39, 0.29) is 0 Å². The third-order valence-electron chi connectivity index (χ3n) is 3.79. The van der Waals surface area contributed by atoms with Crippen LogP contribution in [0.3, 0.4) is 0 Å². The zero-order valence-electron chi connectivity index (χ0n) is 12.1. The lowest BCUT2D eigenvalue weighted by Gasteiger charge is -2.08. The average molecular weight is 285 g/mol. The Morgan fingerprint density at radius 2 is 2.05 bits per heavy atom. The molecule has 2 aromatic heterocycles. The Morgan fingerprint density at radius 1 is 1.25 bits per heavy atom. The number of fused-ring (bicyclic) bond motifs is 1. The maximum atomic E-state index is 4.40. The van der Waals surface area contributed by atoms with Crippen molar-refractivity contribution < 1.29 is 0 Å². The molecular weight excluding hydrogens is 266 g/mol. The first-order valence-corrected chi connectivity index (χ1v) is 7.64. The quantitative estimate of drug-likeness (QED) is 0.795. The van der Waals surface area contributed by atoms with E-state index in [2.05, 4.69) is 53.0 Å². The van der Waals surface area contributed by atoms with Gasteiger partial charge in [-0.2, -0.15) is 0 Å².